The van der Waals surface area contributed by atoms with Gasteiger partial charge in [0.2, 0.25) is 11.8 Å². The molecule has 17 heavy (non-hydrogen) atoms. The van der Waals surface area contributed by atoms with E-state index in [4.69, 9.17) is 5.73 Å². The van der Waals surface area contributed by atoms with Crippen molar-refractivity contribution < 1.29 is 9.59 Å². The van der Waals surface area contributed by atoms with Gasteiger partial charge in [0.15, 0.2) is 0 Å². The van der Waals surface area contributed by atoms with E-state index in [9.17, 15) is 9.59 Å². The molecule has 0 saturated carbocycles. The molecular weight excluding hydrogens is 216 g/mol. The topological polar surface area (TPSA) is 72.2 Å². The van der Waals surface area contributed by atoms with Gasteiger partial charge in [-0.15, -0.1) is 0 Å². The van der Waals surface area contributed by atoms with Crippen molar-refractivity contribution in [2.45, 2.75) is 25.2 Å². The minimum absolute atomic E-state index is 0.0858. The Kier molecular flexibility index (Phi) is 3.42. The van der Waals surface area contributed by atoms with Crippen LogP contribution in [0.3, 0.4) is 0 Å². The molecule has 1 aliphatic carbocycles. The van der Waals surface area contributed by atoms with E-state index in [1.807, 2.05) is 18.2 Å². The molecule has 0 fully saturated rings. The van der Waals surface area contributed by atoms with Crippen molar-refractivity contribution in [1.82, 2.24) is 5.32 Å². The summed E-state index contributed by atoms with van der Waals surface area (Å²) in [4.78, 5) is 22.6. The van der Waals surface area contributed by atoms with Gasteiger partial charge in [-0.3, -0.25) is 9.59 Å². The van der Waals surface area contributed by atoms with Gasteiger partial charge in [-0.05, 0) is 30.4 Å². The van der Waals surface area contributed by atoms with Gasteiger partial charge < -0.3 is 11.1 Å². The van der Waals surface area contributed by atoms with Crippen molar-refractivity contribution in [2.24, 2.45) is 5.73 Å². The number of carbonyl (C=O) groups excluding carboxylic acids is 2. The third-order valence-corrected chi connectivity index (χ3v) is 3.12. The minimum Gasteiger partial charge on any atom is -0.368 e. The summed E-state index contributed by atoms with van der Waals surface area (Å²) in [5.74, 6) is -0.752. The van der Waals surface area contributed by atoms with Gasteiger partial charge in [-0.25, -0.2) is 0 Å². The van der Waals surface area contributed by atoms with E-state index in [-0.39, 0.29) is 18.4 Å². The van der Waals surface area contributed by atoms with Crippen LogP contribution in [-0.2, 0) is 16.0 Å². The Morgan fingerprint density at radius 1 is 1.35 bits per heavy atom. The van der Waals surface area contributed by atoms with Crippen molar-refractivity contribution in [2.75, 3.05) is 6.54 Å². The summed E-state index contributed by atoms with van der Waals surface area (Å²) in [7, 11) is 0. The van der Waals surface area contributed by atoms with E-state index in [1.54, 1.807) is 0 Å². The molecule has 3 N–H and O–H groups in total. The van der Waals surface area contributed by atoms with Crippen LogP contribution in [0.5, 0.6) is 0 Å². The SMILES string of the molecule is NC(=O)CNC(=O)C1CCCc2ccccc21. The van der Waals surface area contributed by atoms with E-state index in [0.29, 0.717) is 0 Å². The molecule has 1 unspecified atom stereocenters. The van der Waals surface area contributed by atoms with Crippen LogP contribution < -0.4 is 11.1 Å². The fourth-order valence-electron chi connectivity index (χ4n) is 2.32. The molecule has 90 valence electrons. The van der Waals surface area contributed by atoms with Gasteiger partial charge in [-0.1, -0.05) is 24.3 Å². The molecule has 0 heterocycles. The maximum atomic E-state index is 11.9. The third-order valence-electron chi connectivity index (χ3n) is 3.12. The van der Waals surface area contributed by atoms with Crippen LogP contribution in [0.25, 0.3) is 0 Å². The number of amides is 2. The zero-order chi connectivity index (χ0) is 12.3. The van der Waals surface area contributed by atoms with Crippen molar-refractivity contribution in [3.8, 4) is 0 Å². The largest absolute Gasteiger partial charge is 0.368 e. The zero-order valence-electron chi connectivity index (χ0n) is 9.61. The first-order valence-electron chi connectivity index (χ1n) is 5.82. The number of primary amides is 1. The highest BCUT2D eigenvalue weighted by Gasteiger charge is 2.25. The fraction of sp³-hybridized carbons (Fsp3) is 0.385. The quantitative estimate of drug-likeness (QED) is 0.805. The highest BCUT2D eigenvalue weighted by atomic mass is 16.2. The smallest absolute Gasteiger partial charge is 0.236 e. The van der Waals surface area contributed by atoms with Crippen molar-refractivity contribution >= 4 is 11.8 Å². The lowest BCUT2D eigenvalue weighted by Crippen LogP contribution is -2.37. The molecule has 0 spiro atoms. The van der Waals surface area contributed by atoms with Crippen LogP contribution in [0.15, 0.2) is 24.3 Å². The molecule has 0 bridgehead atoms. The van der Waals surface area contributed by atoms with Gasteiger partial charge in [-0.2, -0.15) is 0 Å². The summed E-state index contributed by atoms with van der Waals surface area (Å²) in [6.45, 7) is -0.0858. The Balaban J connectivity index is 2.12. The summed E-state index contributed by atoms with van der Waals surface area (Å²) >= 11 is 0. The Hall–Kier alpha value is -1.84. The third kappa shape index (κ3) is 2.64. The lowest BCUT2D eigenvalue weighted by atomic mass is 9.82. The molecule has 1 aliphatic rings. The Labute approximate surface area is 100 Å². The second-order valence-corrected chi connectivity index (χ2v) is 4.33. The first kappa shape index (κ1) is 11.6. The van der Waals surface area contributed by atoms with Gasteiger partial charge >= 0.3 is 0 Å². The molecule has 1 atom stereocenters. The second-order valence-electron chi connectivity index (χ2n) is 4.33. The standard InChI is InChI=1S/C13H16N2O2/c14-12(16)8-15-13(17)11-7-3-5-9-4-1-2-6-10(9)11/h1-2,4,6,11H,3,5,7-8H2,(H2,14,16)(H,15,17). The van der Waals surface area contributed by atoms with E-state index >= 15 is 0 Å². The molecule has 0 aromatic heterocycles. The van der Waals surface area contributed by atoms with E-state index < -0.39 is 5.91 Å². The molecule has 4 heteroatoms. The molecule has 1 aromatic carbocycles. The number of hydrogen-bond acceptors (Lipinski definition) is 2. The van der Waals surface area contributed by atoms with Crippen LogP contribution in [0.4, 0.5) is 0 Å². The normalized spacial score (nSPS) is 18.2. The van der Waals surface area contributed by atoms with E-state index in [0.717, 1.165) is 24.8 Å². The number of aryl methyl sites for hydroxylation is 1. The van der Waals surface area contributed by atoms with E-state index in [2.05, 4.69) is 11.4 Å². The maximum Gasteiger partial charge on any atom is 0.236 e. The Morgan fingerprint density at radius 3 is 2.88 bits per heavy atom. The number of nitrogens with two attached hydrogens (primary N) is 1. The van der Waals surface area contributed by atoms with Gasteiger partial charge in [0, 0.05) is 0 Å². The number of benzene rings is 1. The van der Waals surface area contributed by atoms with Crippen LogP contribution in [0.1, 0.15) is 29.9 Å². The summed E-state index contributed by atoms with van der Waals surface area (Å²) in [5.41, 5.74) is 7.33. The summed E-state index contributed by atoms with van der Waals surface area (Å²) < 4.78 is 0. The molecule has 0 saturated heterocycles. The van der Waals surface area contributed by atoms with Crippen LogP contribution in [0, 0.1) is 0 Å². The molecule has 1 aromatic rings. The molecule has 2 rings (SSSR count). The number of rotatable bonds is 3. The predicted octanol–water partition coefficient (Wildman–Crippen LogP) is 0.708. The molecule has 4 nitrogen and oxygen atoms in total. The lowest BCUT2D eigenvalue weighted by molar-refractivity contribution is -0.126. The maximum absolute atomic E-state index is 11.9. The molecule has 2 amide bonds. The zero-order valence-corrected chi connectivity index (χ0v) is 9.61. The first-order chi connectivity index (χ1) is 8.18. The van der Waals surface area contributed by atoms with Crippen LogP contribution >= 0.6 is 0 Å². The van der Waals surface area contributed by atoms with Crippen LogP contribution in [-0.4, -0.2) is 18.4 Å². The average molecular weight is 232 g/mol. The number of carbonyl (C=O) groups is 2. The second kappa shape index (κ2) is 4.99. The molecule has 0 radical (unpaired) electrons. The highest BCUT2D eigenvalue weighted by Crippen LogP contribution is 2.31. The number of hydrogen-bond donors (Lipinski definition) is 2. The fourth-order valence-corrected chi connectivity index (χ4v) is 2.32. The summed E-state index contributed by atoms with van der Waals surface area (Å²) in [6, 6.07) is 7.98. The minimum atomic E-state index is -0.512. The lowest BCUT2D eigenvalue weighted by Gasteiger charge is -2.24. The van der Waals surface area contributed by atoms with Crippen molar-refractivity contribution in [3.63, 3.8) is 0 Å². The Bertz CT molecular complexity index is 443. The van der Waals surface area contributed by atoms with Gasteiger partial charge in [0.05, 0.1) is 12.5 Å². The summed E-state index contributed by atoms with van der Waals surface area (Å²) in [6.07, 6.45) is 2.86. The Morgan fingerprint density at radius 2 is 2.12 bits per heavy atom. The van der Waals surface area contributed by atoms with Crippen molar-refractivity contribution in [1.29, 1.82) is 0 Å². The monoisotopic (exact) mass is 232 g/mol. The highest BCUT2D eigenvalue weighted by molar-refractivity contribution is 5.88. The van der Waals surface area contributed by atoms with Gasteiger partial charge in [0.25, 0.3) is 0 Å². The summed E-state index contributed by atoms with van der Waals surface area (Å²) in [5, 5.41) is 2.58. The number of fused-ring (bicyclic) bond motifs is 1. The molecular formula is C13H16N2O2. The van der Waals surface area contributed by atoms with Gasteiger partial charge in [0.1, 0.15) is 0 Å². The predicted molar refractivity (Wildman–Crippen MR) is 64.3 cm³/mol. The first-order valence-corrected chi connectivity index (χ1v) is 5.82. The van der Waals surface area contributed by atoms with Crippen LogP contribution in [0.2, 0.25) is 0 Å². The van der Waals surface area contributed by atoms with Crippen molar-refractivity contribution in [3.05, 3.63) is 35.4 Å². The molecule has 0 aliphatic heterocycles. The number of nitrogens with one attached hydrogen (secondary N) is 1. The van der Waals surface area contributed by atoms with E-state index in [1.165, 1.54) is 5.56 Å². The average Bonchev–Trinajstić information content (AvgIpc) is 2.35.